The van der Waals surface area contributed by atoms with Crippen LogP contribution in [-0.2, 0) is 11.3 Å². The number of hydrogen-bond donors (Lipinski definition) is 1. The van der Waals surface area contributed by atoms with Gasteiger partial charge < -0.3 is 24.5 Å². The number of carbonyl (C=O) groups is 2. The minimum absolute atomic E-state index is 0.229. The fourth-order valence-corrected chi connectivity index (χ4v) is 4.23. The van der Waals surface area contributed by atoms with E-state index in [0.717, 1.165) is 33.3 Å². The number of anilines is 1. The monoisotopic (exact) mass is 452 g/mol. The number of ketones is 1. The molecule has 1 aliphatic rings. The minimum atomic E-state index is -0.553. The highest BCUT2D eigenvalue weighted by molar-refractivity contribution is 7.98. The molecule has 8 heteroatoms. The fourth-order valence-electron chi connectivity index (χ4n) is 3.68. The van der Waals surface area contributed by atoms with Gasteiger partial charge in [-0.25, -0.2) is 4.79 Å². The SMILES string of the molecule is CSc1cc(C(=O)OCC(=O)c2cc(C)n(Cc3ccc4c(c3)OCO4)c2C)ccc1N. The van der Waals surface area contributed by atoms with E-state index in [1.807, 2.05) is 44.4 Å². The number of nitrogens with zero attached hydrogens (tertiary/aromatic N) is 1. The molecule has 4 rings (SSSR count). The van der Waals surface area contributed by atoms with Gasteiger partial charge in [-0.05, 0) is 62.1 Å². The largest absolute Gasteiger partial charge is 0.454 e. The number of Topliss-reactive ketones (excluding diaryl/α,β-unsaturated/α-hetero) is 1. The van der Waals surface area contributed by atoms with Crippen molar-refractivity contribution in [2.24, 2.45) is 0 Å². The zero-order valence-corrected chi connectivity index (χ0v) is 19.0. The first-order valence-electron chi connectivity index (χ1n) is 10.1. The molecule has 0 amide bonds. The van der Waals surface area contributed by atoms with Crippen molar-refractivity contribution in [2.75, 3.05) is 25.4 Å². The molecule has 2 heterocycles. The Labute approximate surface area is 190 Å². The summed E-state index contributed by atoms with van der Waals surface area (Å²) in [7, 11) is 0. The van der Waals surface area contributed by atoms with Crippen molar-refractivity contribution in [1.29, 1.82) is 0 Å². The second kappa shape index (κ2) is 9.00. The number of aryl methyl sites for hydroxylation is 1. The summed E-state index contributed by atoms with van der Waals surface area (Å²) in [5, 5.41) is 0. The molecule has 166 valence electrons. The molecule has 0 saturated heterocycles. The lowest BCUT2D eigenvalue weighted by atomic mass is 10.1. The van der Waals surface area contributed by atoms with E-state index in [4.69, 9.17) is 19.9 Å². The molecular weight excluding hydrogens is 428 g/mol. The number of ether oxygens (including phenoxy) is 3. The molecule has 0 spiro atoms. The van der Waals surface area contributed by atoms with Crippen LogP contribution in [0.3, 0.4) is 0 Å². The average molecular weight is 453 g/mol. The van der Waals surface area contributed by atoms with Crippen LogP contribution in [0.4, 0.5) is 5.69 Å². The van der Waals surface area contributed by atoms with E-state index in [1.54, 1.807) is 18.2 Å². The van der Waals surface area contributed by atoms with E-state index >= 15 is 0 Å². The van der Waals surface area contributed by atoms with Gasteiger partial charge in [0.25, 0.3) is 0 Å². The van der Waals surface area contributed by atoms with E-state index in [9.17, 15) is 9.59 Å². The third kappa shape index (κ3) is 4.31. The molecule has 2 N–H and O–H groups in total. The van der Waals surface area contributed by atoms with Gasteiger partial charge in [-0.15, -0.1) is 11.8 Å². The summed E-state index contributed by atoms with van der Waals surface area (Å²) in [6.07, 6.45) is 1.88. The summed E-state index contributed by atoms with van der Waals surface area (Å²) >= 11 is 1.44. The quantitative estimate of drug-likeness (QED) is 0.248. The van der Waals surface area contributed by atoms with Crippen LogP contribution in [0, 0.1) is 13.8 Å². The summed E-state index contributed by atoms with van der Waals surface area (Å²) in [5.74, 6) is 0.658. The van der Waals surface area contributed by atoms with E-state index in [1.165, 1.54) is 11.8 Å². The van der Waals surface area contributed by atoms with Crippen molar-refractivity contribution in [1.82, 2.24) is 4.57 Å². The number of nitrogens with two attached hydrogens (primary N) is 1. The second-order valence-corrected chi connectivity index (χ2v) is 8.36. The average Bonchev–Trinajstić information content (AvgIpc) is 3.37. The molecule has 0 bridgehead atoms. The van der Waals surface area contributed by atoms with Gasteiger partial charge >= 0.3 is 5.97 Å². The van der Waals surface area contributed by atoms with Crippen LogP contribution in [-0.4, -0.2) is 36.0 Å². The van der Waals surface area contributed by atoms with Gasteiger partial charge in [0.1, 0.15) is 0 Å². The van der Waals surface area contributed by atoms with Gasteiger partial charge in [0.2, 0.25) is 12.6 Å². The van der Waals surface area contributed by atoms with Gasteiger partial charge in [0.15, 0.2) is 18.1 Å². The molecule has 0 saturated carbocycles. The van der Waals surface area contributed by atoms with Crippen LogP contribution < -0.4 is 15.2 Å². The molecule has 7 nitrogen and oxygen atoms in total. The van der Waals surface area contributed by atoms with Crippen LogP contribution >= 0.6 is 11.8 Å². The lowest BCUT2D eigenvalue weighted by Crippen LogP contribution is -2.15. The van der Waals surface area contributed by atoms with Crippen molar-refractivity contribution in [3.05, 3.63) is 70.5 Å². The fraction of sp³-hybridized carbons (Fsp3) is 0.250. The maximum absolute atomic E-state index is 12.8. The van der Waals surface area contributed by atoms with Crippen LogP contribution in [0.2, 0.25) is 0 Å². The number of rotatable bonds is 7. The normalized spacial score (nSPS) is 12.1. The van der Waals surface area contributed by atoms with Crippen molar-refractivity contribution < 1.29 is 23.8 Å². The van der Waals surface area contributed by atoms with E-state index < -0.39 is 5.97 Å². The molecule has 3 aromatic rings. The van der Waals surface area contributed by atoms with Crippen LogP contribution in [0.25, 0.3) is 0 Å². The third-order valence-electron chi connectivity index (χ3n) is 5.46. The summed E-state index contributed by atoms with van der Waals surface area (Å²) in [4.78, 5) is 26.0. The topological polar surface area (TPSA) is 92.8 Å². The maximum atomic E-state index is 12.8. The summed E-state index contributed by atoms with van der Waals surface area (Å²) in [5.41, 5.74) is 10.2. The van der Waals surface area contributed by atoms with Crippen molar-refractivity contribution in [3.8, 4) is 11.5 Å². The molecule has 0 atom stereocenters. The van der Waals surface area contributed by atoms with Crippen LogP contribution in [0.15, 0.2) is 47.4 Å². The highest BCUT2D eigenvalue weighted by Gasteiger charge is 2.19. The standard InChI is InChI=1S/C24H24N2O5S/c1-14-8-18(15(2)26(14)11-16-4-7-21-22(9-16)31-13-30-21)20(27)12-29-24(28)17-5-6-19(25)23(10-17)32-3/h4-10H,11-13,25H2,1-3H3. The minimum Gasteiger partial charge on any atom is -0.454 e. The van der Waals surface area contributed by atoms with E-state index in [-0.39, 0.29) is 19.2 Å². The molecule has 0 unspecified atom stereocenters. The Kier molecular flexibility index (Phi) is 6.14. The Bertz CT molecular complexity index is 1200. The summed E-state index contributed by atoms with van der Waals surface area (Å²) in [6, 6.07) is 12.6. The molecule has 32 heavy (non-hydrogen) atoms. The first-order chi connectivity index (χ1) is 15.4. The molecule has 0 radical (unpaired) electrons. The van der Waals surface area contributed by atoms with Crippen molar-refractivity contribution in [3.63, 3.8) is 0 Å². The van der Waals surface area contributed by atoms with Gasteiger partial charge in [-0.2, -0.15) is 0 Å². The number of carbonyl (C=O) groups excluding carboxylic acids is 2. The molecule has 0 fully saturated rings. The van der Waals surface area contributed by atoms with Gasteiger partial charge in [-0.3, -0.25) is 4.79 Å². The smallest absolute Gasteiger partial charge is 0.338 e. The Hall–Kier alpha value is -3.39. The molecule has 2 aromatic carbocycles. The lowest BCUT2D eigenvalue weighted by Gasteiger charge is -2.11. The summed E-state index contributed by atoms with van der Waals surface area (Å²) < 4.78 is 18.1. The number of aromatic nitrogens is 1. The zero-order valence-electron chi connectivity index (χ0n) is 18.1. The van der Waals surface area contributed by atoms with Crippen molar-refractivity contribution >= 4 is 29.2 Å². The number of thioether (sulfide) groups is 1. The highest BCUT2D eigenvalue weighted by Crippen LogP contribution is 2.33. The van der Waals surface area contributed by atoms with Gasteiger partial charge in [0, 0.05) is 34.1 Å². The maximum Gasteiger partial charge on any atom is 0.338 e. The molecular formula is C24H24N2O5S. The highest BCUT2D eigenvalue weighted by atomic mass is 32.2. The molecule has 0 aliphatic carbocycles. The molecule has 1 aliphatic heterocycles. The Balaban J connectivity index is 1.45. The summed E-state index contributed by atoms with van der Waals surface area (Å²) in [6.45, 7) is 4.32. The van der Waals surface area contributed by atoms with Crippen LogP contribution in [0.1, 0.15) is 37.7 Å². The Morgan fingerprint density at radius 2 is 1.88 bits per heavy atom. The Morgan fingerprint density at radius 3 is 2.66 bits per heavy atom. The third-order valence-corrected chi connectivity index (χ3v) is 6.25. The Morgan fingerprint density at radius 1 is 1.09 bits per heavy atom. The second-order valence-electron chi connectivity index (χ2n) is 7.51. The van der Waals surface area contributed by atoms with Crippen LogP contribution in [0.5, 0.6) is 11.5 Å². The molecule has 1 aromatic heterocycles. The number of hydrogen-bond acceptors (Lipinski definition) is 7. The van der Waals surface area contributed by atoms with E-state index in [2.05, 4.69) is 4.57 Å². The number of esters is 1. The van der Waals surface area contributed by atoms with Gasteiger partial charge in [-0.1, -0.05) is 6.07 Å². The first-order valence-corrected chi connectivity index (χ1v) is 11.3. The van der Waals surface area contributed by atoms with Crippen molar-refractivity contribution in [2.45, 2.75) is 25.3 Å². The van der Waals surface area contributed by atoms with E-state index in [0.29, 0.717) is 23.4 Å². The van der Waals surface area contributed by atoms with Gasteiger partial charge in [0.05, 0.1) is 5.56 Å². The number of nitrogen functional groups attached to an aromatic ring is 1. The predicted molar refractivity (Wildman–Crippen MR) is 123 cm³/mol. The predicted octanol–water partition coefficient (Wildman–Crippen LogP) is 4.23. The zero-order chi connectivity index (χ0) is 22.8. The first kappa shape index (κ1) is 21.8. The number of benzene rings is 2. The lowest BCUT2D eigenvalue weighted by molar-refractivity contribution is 0.0474. The number of fused-ring (bicyclic) bond motifs is 1.